The number of piperazine rings is 1. The third kappa shape index (κ3) is 5.61. The Balaban J connectivity index is 1.94. The van der Waals surface area contributed by atoms with Gasteiger partial charge in [0.25, 0.3) is 0 Å². The fourth-order valence-electron chi connectivity index (χ4n) is 3.74. The van der Waals surface area contributed by atoms with E-state index < -0.39 is 36.5 Å². The van der Waals surface area contributed by atoms with E-state index in [-0.39, 0.29) is 12.4 Å². The van der Waals surface area contributed by atoms with Crippen LogP contribution in [0.25, 0.3) is 0 Å². The summed E-state index contributed by atoms with van der Waals surface area (Å²) in [4.78, 5) is 40.2. The van der Waals surface area contributed by atoms with Crippen molar-refractivity contribution in [2.24, 2.45) is 5.73 Å². The number of carboxylic acid groups (broad SMARTS) is 1. The molecule has 174 valence electrons. The van der Waals surface area contributed by atoms with Gasteiger partial charge in [0.05, 0.1) is 19.0 Å². The number of carbonyl (C=O) groups is 3. The van der Waals surface area contributed by atoms with E-state index >= 15 is 0 Å². The van der Waals surface area contributed by atoms with Crippen LogP contribution in [0.1, 0.15) is 36.9 Å². The molecule has 10 heteroatoms. The van der Waals surface area contributed by atoms with E-state index in [0.717, 1.165) is 0 Å². The number of ether oxygens (including phenoxy) is 1. The summed E-state index contributed by atoms with van der Waals surface area (Å²) in [5.74, 6) is -2.33. The van der Waals surface area contributed by atoms with E-state index in [9.17, 15) is 19.5 Å². The van der Waals surface area contributed by atoms with Gasteiger partial charge in [0.2, 0.25) is 0 Å². The smallest absolute Gasteiger partial charge is 0.315 e. The zero-order chi connectivity index (χ0) is 24.1. The molecule has 2 aromatic carbocycles. The van der Waals surface area contributed by atoms with E-state index in [0.29, 0.717) is 34.9 Å². The molecule has 0 aromatic heterocycles. The van der Waals surface area contributed by atoms with Gasteiger partial charge in [0.15, 0.2) is 6.23 Å². The Bertz CT molecular complexity index is 1060. The average Bonchev–Trinajstić information content (AvgIpc) is 2.77. The van der Waals surface area contributed by atoms with E-state index in [1.165, 1.54) is 9.80 Å². The van der Waals surface area contributed by atoms with Crippen LogP contribution in [0.3, 0.4) is 0 Å². The minimum absolute atomic E-state index is 0.0243. The number of nitrogen functional groups attached to an aromatic ring is 1. The van der Waals surface area contributed by atoms with E-state index in [2.05, 4.69) is 0 Å². The number of rotatable bonds is 9. The molecular formula is C23H25ClN4O5. The summed E-state index contributed by atoms with van der Waals surface area (Å²) in [5, 5.41) is 17.4. The number of nitrogens with two attached hydrogens (primary N) is 1. The molecule has 2 aromatic rings. The monoisotopic (exact) mass is 472 g/mol. The Morgan fingerprint density at radius 3 is 2.52 bits per heavy atom. The number of nitrogens with zero attached hydrogens (tertiary/aromatic N) is 2. The molecule has 1 aliphatic rings. The highest BCUT2D eigenvalue weighted by Gasteiger charge is 2.43. The van der Waals surface area contributed by atoms with Crippen molar-refractivity contribution in [2.45, 2.75) is 32.0 Å². The molecule has 2 amide bonds. The van der Waals surface area contributed by atoms with Crippen molar-refractivity contribution in [3.63, 3.8) is 0 Å². The summed E-state index contributed by atoms with van der Waals surface area (Å²) >= 11 is 6.09. The molecule has 3 rings (SSSR count). The van der Waals surface area contributed by atoms with Crippen molar-refractivity contribution < 1.29 is 24.2 Å². The standard InChI is InChI=1S/C23H25ClN4O5/c1-2-10-27-19(33-17-8-6-14(7-9-17)21(25)26)13-28(23(32)22(27)31)18(12-20(29)30)15-4-3-5-16(24)11-15/h3-9,11,18-19H,2,10,12-13H2,1H3,(H3,25,26)(H,29,30). The lowest BCUT2D eigenvalue weighted by Crippen LogP contribution is -2.62. The Hall–Kier alpha value is -3.59. The Morgan fingerprint density at radius 2 is 1.94 bits per heavy atom. The van der Waals surface area contributed by atoms with Crippen LogP contribution in [-0.4, -0.2) is 57.8 Å². The predicted octanol–water partition coefficient (Wildman–Crippen LogP) is 2.63. The van der Waals surface area contributed by atoms with Crippen molar-refractivity contribution in [1.29, 1.82) is 5.41 Å². The Labute approximate surface area is 196 Å². The highest BCUT2D eigenvalue weighted by molar-refractivity contribution is 6.35. The number of hydrogen-bond acceptors (Lipinski definition) is 5. The first-order valence-electron chi connectivity index (χ1n) is 10.4. The number of carboxylic acids is 1. The summed E-state index contributed by atoms with van der Waals surface area (Å²) in [5.41, 5.74) is 6.52. The van der Waals surface area contributed by atoms with Gasteiger partial charge in [-0.3, -0.25) is 24.7 Å². The van der Waals surface area contributed by atoms with E-state index in [1.807, 2.05) is 6.92 Å². The zero-order valence-corrected chi connectivity index (χ0v) is 18.8. The lowest BCUT2D eigenvalue weighted by Gasteiger charge is -2.43. The van der Waals surface area contributed by atoms with Crippen LogP contribution in [0.15, 0.2) is 48.5 Å². The van der Waals surface area contributed by atoms with E-state index in [4.69, 9.17) is 27.5 Å². The number of amides is 2. The van der Waals surface area contributed by atoms with Gasteiger partial charge >= 0.3 is 17.8 Å². The first kappa shape index (κ1) is 24.1. The molecule has 0 aliphatic carbocycles. The first-order valence-corrected chi connectivity index (χ1v) is 10.8. The lowest BCUT2D eigenvalue weighted by atomic mass is 10.0. The molecule has 0 saturated carbocycles. The van der Waals surface area contributed by atoms with Crippen LogP contribution in [0.4, 0.5) is 0 Å². The predicted molar refractivity (Wildman–Crippen MR) is 122 cm³/mol. The minimum Gasteiger partial charge on any atom is -0.481 e. The summed E-state index contributed by atoms with van der Waals surface area (Å²) in [6.07, 6.45) is -0.615. The second kappa shape index (κ2) is 10.4. The van der Waals surface area contributed by atoms with Gasteiger partial charge in [0, 0.05) is 17.1 Å². The molecule has 9 nitrogen and oxygen atoms in total. The molecule has 2 atom stereocenters. The van der Waals surface area contributed by atoms with Crippen molar-refractivity contribution in [3.8, 4) is 5.75 Å². The van der Waals surface area contributed by atoms with Crippen LogP contribution in [0.2, 0.25) is 5.02 Å². The summed E-state index contributed by atoms with van der Waals surface area (Å²) in [6, 6.07) is 12.2. The number of carbonyl (C=O) groups excluding carboxylic acids is 2. The molecular weight excluding hydrogens is 448 g/mol. The molecule has 0 bridgehead atoms. The molecule has 2 unspecified atom stereocenters. The van der Waals surface area contributed by atoms with Crippen molar-refractivity contribution in [2.75, 3.05) is 13.1 Å². The van der Waals surface area contributed by atoms with Gasteiger partial charge in [-0.15, -0.1) is 0 Å². The van der Waals surface area contributed by atoms with Crippen LogP contribution in [0, 0.1) is 5.41 Å². The maximum Gasteiger partial charge on any atom is 0.315 e. The van der Waals surface area contributed by atoms with Gasteiger partial charge in [0.1, 0.15) is 11.6 Å². The van der Waals surface area contributed by atoms with Crippen LogP contribution in [-0.2, 0) is 14.4 Å². The van der Waals surface area contributed by atoms with E-state index in [1.54, 1.807) is 48.5 Å². The molecule has 33 heavy (non-hydrogen) atoms. The first-order chi connectivity index (χ1) is 15.7. The molecule has 0 spiro atoms. The van der Waals surface area contributed by atoms with Crippen molar-refractivity contribution in [1.82, 2.24) is 9.80 Å². The molecule has 1 aliphatic heterocycles. The third-order valence-corrected chi connectivity index (χ3v) is 5.52. The summed E-state index contributed by atoms with van der Waals surface area (Å²) < 4.78 is 6.05. The fourth-order valence-corrected chi connectivity index (χ4v) is 3.94. The van der Waals surface area contributed by atoms with Gasteiger partial charge < -0.3 is 20.5 Å². The lowest BCUT2D eigenvalue weighted by molar-refractivity contribution is -0.169. The van der Waals surface area contributed by atoms with Crippen LogP contribution in [0.5, 0.6) is 5.75 Å². The summed E-state index contributed by atoms with van der Waals surface area (Å²) in [7, 11) is 0. The molecule has 4 N–H and O–H groups in total. The highest BCUT2D eigenvalue weighted by atomic mass is 35.5. The number of amidine groups is 1. The highest BCUT2D eigenvalue weighted by Crippen LogP contribution is 2.31. The van der Waals surface area contributed by atoms with Crippen molar-refractivity contribution in [3.05, 3.63) is 64.7 Å². The number of halogens is 1. The number of benzene rings is 2. The quantitative estimate of drug-likeness (QED) is 0.291. The number of hydrogen-bond donors (Lipinski definition) is 3. The second-order valence-corrected chi connectivity index (χ2v) is 8.07. The van der Waals surface area contributed by atoms with Gasteiger partial charge in [-0.1, -0.05) is 30.7 Å². The molecule has 1 heterocycles. The SMILES string of the molecule is CCCN1C(=O)C(=O)N(C(CC(=O)O)c2cccc(Cl)c2)CC1Oc1ccc(C(=N)N)cc1. The molecule has 1 fully saturated rings. The number of nitrogens with one attached hydrogen (secondary N) is 1. The Kier molecular flexibility index (Phi) is 7.55. The van der Waals surface area contributed by atoms with Crippen LogP contribution < -0.4 is 10.5 Å². The minimum atomic E-state index is -1.12. The largest absolute Gasteiger partial charge is 0.481 e. The normalized spacial score (nSPS) is 17.1. The maximum atomic E-state index is 13.0. The van der Waals surface area contributed by atoms with Gasteiger partial charge in [-0.05, 0) is 48.4 Å². The second-order valence-electron chi connectivity index (χ2n) is 7.64. The number of aliphatic carboxylic acids is 1. The maximum absolute atomic E-state index is 13.0. The zero-order valence-electron chi connectivity index (χ0n) is 18.0. The van der Waals surface area contributed by atoms with Gasteiger partial charge in [-0.2, -0.15) is 0 Å². The average molecular weight is 473 g/mol. The van der Waals surface area contributed by atoms with Crippen molar-refractivity contribution >= 4 is 35.2 Å². The third-order valence-electron chi connectivity index (χ3n) is 5.28. The van der Waals surface area contributed by atoms with Crippen LogP contribution >= 0.6 is 11.6 Å². The molecule has 1 saturated heterocycles. The fraction of sp³-hybridized carbons (Fsp3) is 0.304. The molecule has 0 radical (unpaired) electrons. The summed E-state index contributed by atoms with van der Waals surface area (Å²) in [6.45, 7) is 2.15. The van der Waals surface area contributed by atoms with Gasteiger partial charge in [-0.25, -0.2) is 0 Å². The Morgan fingerprint density at radius 1 is 1.24 bits per heavy atom. The topological polar surface area (TPSA) is 137 Å².